The molecule has 0 saturated carbocycles. The van der Waals surface area contributed by atoms with Crippen LogP contribution in [-0.2, 0) is 6.54 Å². The molecule has 0 bridgehead atoms. The normalized spacial score (nSPS) is 10.8. The summed E-state index contributed by atoms with van der Waals surface area (Å²) < 4.78 is 6.07. The first-order chi connectivity index (χ1) is 10.2. The zero-order chi connectivity index (χ0) is 14.8. The molecule has 0 aliphatic carbocycles. The molecule has 3 rings (SSSR count). The second kappa shape index (κ2) is 5.72. The lowest BCUT2D eigenvalue weighted by Gasteiger charge is -2.12. The van der Waals surface area contributed by atoms with Crippen LogP contribution < -0.4 is 10.5 Å². The molecule has 3 aromatic rings. The van der Waals surface area contributed by atoms with Gasteiger partial charge in [-0.25, -0.2) is 0 Å². The van der Waals surface area contributed by atoms with Gasteiger partial charge in [0.25, 0.3) is 0 Å². The number of rotatable bonds is 3. The minimum atomic E-state index is 0.371. The molecule has 0 spiro atoms. The second-order valence-corrected chi connectivity index (χ2v) is 5.28. The minimum Gasteiger partial charge on any atom is -0.456 e. The molecule has 1 heterocycles. The van der Waals surface area contributed by atoms with Crippen molar-refractivity contribution in [1.82, 2.24) is 4.98 Å². The summed E-state index contributed by atoms with van der Waals surface area (Å²) in [6, 6.07) is 15.3. The number of fused-ring (bicyclic) bond motifs is 1. The van der Waals surface area contributed by atoms with Gasteiger partial charge in [0, 0.05) is 23.0 Å². The number of para-hydroxylation sites is 1. The van der Waals surface area contributed by atoms with Crippen LogP contribution in [0.3, 0.4) is 0 Å². The quantitative estimate of drug-likeness (QED) is 0.777. The van der Waals surface area contributed by atoms with Crippen molar-refractivity contribution in [2.45, 2.75) is 13.5 Å². The van der Waals surface area contributed by atoms with Crippen molar-refractivity contribution >= 4 is 22.5 Å². The molecule has 0 aliphatic heterocycles. The van der Waals surface area contributed by atoms with Gasteiger partial charge in [0.05, 0.1) is 11.2 Å². The monoisotopic (exact) mass is 298 g/mol. The maximum absolute atomic E-state index is 6.07. The number of pyridine rings is 1. The maximum Gasteiger partial charge on any atom is 0.138 e. The van der Waals surface area contributed by atoms with Gasteiger partial charge >= 0.3 is 0 Å². The van der Waals surface area contributed by atoms with Crippen LogP contribution in [0.5, 0.6) is 11.5 Å². The highest BCUT2D eigenvalue weighted by Gasteiger charge is 2.09. The van der Waals surface area contributed by atoms with E-state index in [-0.39, 0.29) is 0 Å². The van der Waals surface area contributed by atoms with Crippen molar-refractivity contribution in [3.05, 3.63) is 64.8 Å². The van der Waals surface area contributed by atoms with E-state index in [1.807, 2.05) is 55.5 Å². The predicted octanol–water partition coefficient (Wildman–Crippen LogP) is 4.45. The summed E-state index contributed by atoms with van der Waals surface area (Å²) in [7, 11) is 0. The lowest BCUT2D eigenvalue weighted by Crippen LogP contribution is -2.01. The molecular weight excluding hydrogens is 284 g/mol. The van der Waals surface area contributed by atoms with Crippen molar-refractivity contribution < 1.29 is 4.74 Å². The lowest BCUT2D eigenvalue weighted by atomic mass is 10.1. The van der Waals surface area contributed by atoms with Gasteiger partial charge in [0.2, 0.25) is 0 Å². The summed E-state index contributed by atoms with van der Waals surface area (Å²) in [6.45, 7) is 2.36. The second-order valence-electron chi connectivity index (χ2n) is 4.84. The van der Waals surface area contributed by atoms with Gasteiger partial charge in [-0.3, -0.25) is 4.98 Å². The summed E-state index contributed by atoms with van der Waals surface area (Å²) in [5.41, 5.74) is 8.41. The summed E-state index contributed by atoms with van der Waals surface area (Å²) in [6.07, 6.45) is 0. The fourth-order valence-corrected chi connectivity index (χ4v) is 2.35. The molecule has 3 nitrogen and oxygen atoms in total. The SMILES string of the molecule is Cc1ccc(Cl)cc1Oc1cc(CN)nc2ccccc12. The average Bonchev–Trinajstić information content (AvgIpc) is 2.50. The number of aromatic nitrogens is 1. The van der Waals surface area contributed by atoms with E-state index in [1.54, 1.807) is 0 Å². The van der Waals surface area contributed by atoms with E-state index in [0.29, 0.717) is 11.6 Å². The standard InChI is InChI=1S/C17H15ClN2O/c1-11-6-7-12(18)8-16(11)21-17-9-13(10-19)20-15-5-3-2-4-14(15)17/h2-9H,10,19H2,1H3. The molecule has 0 unspecified atom stereocenters. The number of aryl methyl sites for hydroxylation is 1. The molecule has 0 atom stereocenters. The zero-order valence-corrected chi connectivity index (χ0v) is 12.4. The third-order valence-corrected chi connectivity index (χ3v) is 3.55. The molecule has 2 N–H and O–H groups in total. The topological polar surface area (TPSA) is 48.1 Å². The number of nitrogens with two attached hydrogens (primary N) is 1. The molecule has 2 aromatic carbocycles. The Bertz CT molecular complexity index is 802. The van der Waals surface area contributed by atoms with Crippen molar-refractivity contribution in [1.29, 1.82) is 0 Å². The van der Waals surface area contributed by atoms with Crippen LogP contribution in [0.25, 0.3) is 10.9 Å². The maximum atomic E-state index is 6.07. The number of halogens is 1. The van der Waals surface area contributed by atoms with Crippen LogP contribution in [0.4, 0.5) is 0 Å². The van der Waals surface area contributed by atoms with Gasteiger partial charge in [-0.15, -0.1) is 0 Å². The molecule has 21 heavy (non-hydrogen) atoms. The van der Waals surface area contributed by atoms with Gasteiger partial charge in [0.15, 0.2) is 0 Å². The molecule has 4 heteroatoms. The molecule has 0 saturated heterocycles. The highest BCUT2D eigenvalue weighted by molar-refractivity contribution is 6.30. The largest absolute Gasteiger partial charge is 0.456 e. The van der Waals surface area contributed by atoms with Crippen LogP contribution in [0.2, 0.25) is 5.02 Å². The Kier molecular flexibility index (Phi) is 3.78. The van der Waals surface area contributed by atoms with E-state index in [0.717, 1.165) is 33.7 Å². The fourth-order valence-electron chi connectivity index (χ4n) is 2.19. The van der Waals surface area contributed by atoms with Crippen molar-refractivity contribution in [3.63, 3.8) is 0 Å². The Labute approximate surface area is 128 Å². The summed E-state index contributed by atoms with van der Waals surface area (Å²) >= 11 is 6.05. The third-order valence-electron chi connectivity index (χ3n) is 3.31. The Balaban J connectivity index is 2.13. The van der Waals surface area contributed by atoms with Gasteiger partial charge in [-0.1, -0.05) is 29.8 Å². The Morgan fingerprint density at radius 1 is 1.10 bits per heavy atom. The molecule has 106 valence electrons. The van der Waals surface area contributed by atoms with E-state index in [2.05, 4.69) is 4.98 Å². The zero-order valence-electron chi connectivity index (χ0n) is 11.6. The van der Waals surface area contributed by atoms with E-state index in [1.165, 1.54) is 0 Å². The summed E-state index contributed by atoms with van der Waals surface area (Å²) in [4.78, 5) is 4.50. The molecule has 0 fully saturated rings. The molecular formula is C17H15ClN2O. The summed E-state index contributed by atoms with van der Waals surface area (Å²) in [5.74, 6) is 1.48. The Morgan fingerprint density at radius 3 is 2.71 bits per heavy atom. The van der Waals surface area contributed by atoms with E-state index in [9.17, 15) is 0 Å². The Morgan fingerprint density at radius 2 is 1.90 bits per heavy atom. The number of ether oxygens (including phenoxy) is 1. The Hall–Kier alpha value is -2.10. The lowest BCUT2D eigenvalue weighted by molar-refractivity contribution is 0.483. The van der Waals surface area contributed by atoms with Gasteiger partial charge in [-0.05, 0) is 36.8 Å². The first-order valence-electron chi connectivity index (χ1n) is 6.70. The number of hydrogen-bond donors (Lipinski definition) is 1. The van der Waals surface area contributed by atoms with Crippen molar-refractivity contribution in [2.75, 3.05) is 0 Å². The van der Waals surface area contributed by atoms with E-state index in [4.69, 9.17) is 22.1 Å². The summed E-state index contributed by atoms with van der Waals surface area (Å²) in [5, 5.41) is 1.60. The number of nitrogens with zero attached hydrogens (tertiary/aromatic N) is 1. The molecule has 0 radical (unpaired) electrons. The third kappa shape index (κ3) is 2.84. The van der Waals surface area contributed by atoms with Crippen LogP contribution in [0, 0.1) is 6.92 Å². The smallest absolute Gasteiger partial charge is 0.138 e. The highest BCUT2D eigenvalue weighted by Crippen LogP contribution is 2.32. The molecule has 1 aromatic heterocycles. The van der Waals surface area contributed by atoms with E-state index < -0.39 is 0 Å². The van der Waals surface area contributed by atoms with Gasteiger partial charge < -0.3 is 10.5 Å². The van der Waals surface area contributed by atoms with Crippen LogP contribution in [0.1, 0.15) is 11.3 Å². The predicted molar refractivity (Wildman–Crippen MR) is 85.9 cm³/mol. The van der Waals surface area contributed by atoms with Crippen LogP contribution in [0.15, 0.2) is 48.5 Å². The minimum absolute atomic E-state index is 0.371. The van der Waals surface area contributed by atoms with Gasteiger partial charge in [-0.2, -0.15) is 0 Å². The van der Waals surface area contributed by atoms with Crippen LogP contribution in [-0.4, -0.2) is 4.98 Å². The van der Waals surface area contributed by atoms with E-state index >= 15 is 0 Å². The van der Waals surface area contributed by atoms with Gasteiger partial charge in [0.1, 0.15) is 11.5 Å². The fraction of sp³-hybridized carbons (Fsp3) is 0.118. The molecule has 0 aliphatic rings. The van der Waals surface area contributed by atoms with Crippen molar-refractivity contribution in [3.8, 4) is 11.5 Å². The van der Waals surface area contributed by atoms with Crippen molar-refractivity contribution in [2.24, 2.45) is 5.73 Å². The first-order valence-corrected chi connectivity index (χ1v) is 7.08. The van der Waals surface area contributed by atoms with Crippen LogP contribution >= 0.6 is 11.6 Å². The number of hydrogen-bond acceptors (Lipinski definition) is 3. The highest BCUT2D eigenvalue weighted by atomic mass is 35.5. The molecule has 0 amide bonds. The first kappa shape index (κ1) is 13.9. The average molecular weight is 299 g/mol. The number of benzene rings is 2.